The predicted octanol–water partition coefficient (Wildman–Crippen LogP) is 3.78. The molecule has 156 valence electrons. The molecule has 1 aromatic carbocycles. The molecule has 3 aliphatic rings. The van der Waals surface area contributed by atoms with Crippen molar-refractivity contribution in [3.05, 3.63) is 29.8 Å². The number of ether oxygens (including phenoxy) is 1. The molecule has 0 aromatic heterocycles. The fraction of sp³-hybridized carbons (Fsp3) is 0.667. The highest BCUT2D eigenvalue weighted by molar-refractivity contribution is 14.0. The average Bonchev–Trinajstić information content (AvgIpc) is 2.74. The van der Waals surface area contributed by atoms with Gasteiger partial charge in [0.2, 0.25) is 0 Å². The number of nitrogens with two attached hydrogens (primary N) is 1. The van der Waals surface area contributed by atoms with Crippen molar-refractivity contribution in [2.24, 2.45) is 10.7 Å². The van der Waals surface area contributed by atoms with Crippen molar-refractivity contribution in [3.63, 3.8) is 0 Å². The zero-order valence-corrected chi connectivity index (χ0v) is 19.7. The van der Waals surface area contributed by atoms with Crippen LogP contribution in [-0.2, 0) is 0 Å². The largest absolute Gasteiger partial charge is 0.493 e. The van der Waals surface area contributed by atoms with E-state index in [2.05, 4.69) is 34.1 Å². The molecular formula is C21H33IN4OS. The molecule has 2 aliphatic heterocycles. The average molecular weight is 516 g/mol. The minimum Gasteiger partial charge on any atom is -0.493 e. The summed E-state index contributed by atoms with van der Waals surface area (Å²) in [5.74, 6) is 4.03. The van der Waals surface area contributed by atoms with E-state index >= 15 is 0 Å². The normalized spacial score (nSPS) is 25.1. The van der Waals surface area contributed by atoms with Crippen molar-refractivity contribution >= 4 is 41.7 Å². The van der Waals surface area contributed by atoms with Gasteiger partial charge in [-0.3, -0.25) is 9.89 Å². The topological polar surface area (TPSA) is 62.9 Å². The van der Waals surface area contributed by atoms with Crippen LogP contribution in [0.3, 0.4) is 0 Å². The van der Waals surface area contributed by atoms with E-state index in [0.717, 1.165) is 25.3 Å². The second-order valence-corrected chi connectivity index (χ2v) is 9.18. The lowest BCUT2D eigenvalue weighted by molar-refractivity contribution is 0.0672. The zero-order valence-electron chi connectivity index (χ0n) is 16.6. The number of aliphatic imine (C=N–C) groups is 1. The number of benzene rings is 1. The Kier molecular flexibility index (Phi) is 8.17. The molecule has 28 heavy (non-hydrogen) atoms. The van der Waals surface area contributed by atoms with Gasteiger partial charge in [-0.25, -0.2) is 0 Å². The molecule has 7 heteroatoms. The van der Waals surface area contributed by atoms with Crippen molar-refractivity contribution in [1.82, 2.24) is 10.2 Å². The predicted molar refractivity (Wildman–Crippen MR) is 129 cm³/mol. The zero-order chi connectivity index (χ0) is 18.5. The van der Waals surface area contributed by atoms with Crippen LogP contribution in [0.5, 0.6) is 5.75 Å². The Hall–Kier alpha value is -0.670. The van der Waals surface area contributed by atoms with Gasteiger partial charge < -0.3 is 15.8 Å². The quantitative estimate of drug-likeness (QED) is 0.363. The molecule has 5 nitrogen and oxygen atoms in total. The van der Waals surface area contributed by atoms with Crippen LogP contribution in [0.15, 0.2) is 29.3 Å². The molecule has 0 spiro atoms. The number of nitrogens with one attached hydrogen (secondary N) is 1. The molecule has 4 rings (SSSR count). The monoisotopic (exact) mass is 516 g/mol. The fourth-order valence-corrected chi connectivity index (χ4v) is 5.67. The standard InChI is InChI=1S/C21H32N4OS.HI/c22-20(24-18-8-13-26-19-7-3-2-6-17(18)19)23-16-21(9-4-1-5-10-21)25-11-14-27-15-12-25;/h2-3,6-7,18H,1,4-5,8-16H2,(H3,22,23,24);1H. The van der Waals surface area contributed by atoms with E-state index in [1.54, 1.807) is 0 Å². The van der Waals surface area contributed by atoms with Gasteiger partial charge in [0.1, 0.15) is 5.75 Å². The summed E-state index contributed by atoms with van der Waals surface area (Å²) in [6, 6.07) is 8.41. The molecule has 1 atom stereocenters. The van der Waals surface area contributed by atoms with E-state index in [-0.39, 0.29) is 35.6 Å². The van der Waals surface area contributed by atoms with Gasteiger partial charge in [-0.05, 0) is 18.9 Å². The second kappa shape index (κ2) is 10.4. The van der Waals surface area contributed by atoms with Crippen molar-refractivity contribution < 1.29 is 4.74 Å². The van der Waals surface area contributed by atoms with E-state index in [1.165, 1.54) is 62.3 Å². The Morgan fingerprint density at radius 2 is 1.96 bits per heavy atom. The molecule has 1 saturated carbocycles. The molecular weight excluding hydrogens is 483 g/mol. The van der Waals surface area contributed by atoms with Gasteiger partial charge in [-0.1, -0.05) is 37.5 Å². The highest BCUT2D eigenvalue weighted by atomic mass is 127. The molecule has 0 radical (unpaired) electrons. The van der Waals surface area contributed by atoms with Gasteiger partial charge in [0, 0.05) is 42.1 Å². The summed E-state index contributed by atoms with van der Waals surface area (Å²) < 4.78 is 5.76. The van der Waals surface area contributed by atoms with Gasteiger partial charge in [-0.2, -0.15) is 11.8 Å². The molecule has 1 unspecified atom stereocenters. The van der Waals surface area contributed by atoms with Gasteiger partial charge in [0.25, 0.3) is 0 Å². The third-order valence-corrected chi connectivity index (χ3v) is 7.23. The first-order valence-corrected chi connectivity index (χ1v) is 11.5. The first kappa shape index (κ1) is 22.0. The molecule has 2 heterocycles. The highest BCUT2D eigenvalue weighted by Gasteiger charge is 2.38. The van der Waals surface area contributed by atoms with Gasteiger partial charge in [-0.15, -0.1) is 24.0 Å². The molecule has 2 fully saturated rings. The summed E-state index contributed by atoms with van der Waals surface area (Å²) in [6.07, 6.45) is 7.44. The summed E-state index contributed by atoms with van der Waals surface area (Å²) in [5, 5.41) is 3.46. The van der Waals surface area contributed by atoms with E-state index in [0.29, 0.717) is 5.96 Å². The van der Waals surface area contributed by atoms with Crippen molar-refractivity contribution in [3.8, 4) is 5.75 Å². The van der Waals surface area contributed by atoms with Gasteiger partial charge in [0.05, 0.1) is 19.2 Å². The molecule has 0 bridgehead atoms. The summed E-state index contributed by atoms with van der Waals surface area (Å²) in [4.78, 5) is 7.57. The Balaban J connectivity index is 0.00000225. The summed E-state index contributed by atoms with van der Waals surface area (Å²) >= 11 is 2.08. The first-order valence-electron chi connectivity index (χ1n) is 10.4. The van der Waals surface area contributed by atoms with Crippen LogP contribution in [0, 0.1) is 0 Å². The van der Waals surface area contributed by atoms with Crippen molar-refractivity contribution in [2.45, 2.75) is 50.1 Å². The van der Waals surface area contributed by atoms with Crippen LogP contribution in [0.1, 0.15) is 50.1 Å². The van der Waals surface area contributed by atoms with Crippen LogP contribution in [0.25, 0.3) is 0 Å². The Morgan fingerprint density at radius 3 is 2.75 bits per heavy atom. The molecule has 3 N–H and O–H groups in total. The summed E-state index contributed by atoms with van der Waals surface area (Å²) in [7, 11) is 0. The number of nitrogens with zero attached hydrogens (tertiary/aromatic N) is 2. The lowest BCUT2D eigenvalue weighted by Crippen LogP contribution is -2.55. The maximum absolute atomic E-state index is 6.34. The SMILES string of the molecule is I.NC(=NCC1(N2CCSCC2)CCCCC1)NC1CCOc2ccccc21. The Morgan fingerprint density at radius 1 is 1.21 bits per heavy atom. The van der Waals surface area contributed by atoms with E-state index in [4.69, 9.17) is 15.5 Å². The maximum Gasteiger partial charge on any atom is 0.189 e. The van der Waals surface area contributed by atoms with E-state index < -0.39 is 0 Å². The lowest BCUT2D eigenvalue weighted by atomic mass is 9.80. The highest BCUT2D eigenvalue weighted by Crippen LogP contribution is 2.36. The van der Waals surface area contributed by atoms with Crippen molar-refractivity contribution in [1.29, 1.82) is 0 Å². The van der Waals surface area contributed by atoms with Crippen LogP contribution in [0.2, 0.25) is 0 Å². The van der Waals surface area contributed by atoms with Crippen LogP contribution in [-0.4, -0.2) is 54.1 Å². The number of guanidine groups is 1. The first-order chi connectivity index (χ1) is 13.3. The van der Waals surface area contributed by atoms with Crippen molar-refractivity contribution in [2.75, 3.05) is 37.7 Å². The summed E-state index contributed by atoms with van der Waals surface area (Å²) in [5.41, 5.74) is 7.75. The number of hydrogen-bond donors (Lipinski definition) is 2. The number of para-hydroxylation sites is 1. The lowest BCUT2D eigenvalue weighted by Gasteiger charge is -2.47. The molecule has 1 aliphatic carbocycles. The van der Waals surface area contributed by atoms with E-state index in [1.807, 2.05) is 12.1 Å². The third-order valence-electron chi connectivity index (χ3n) is 6.29. The van der Waals surface area contributed by atoms with Crippen LogP contribution < -0.4 is 15.8 Å². The van der Waals surface area contributed by atoms with Gasteiger partial charge >= 0.3 is 0 Å². The Bertz CT molecular complexity index is 660. The Labute approximate surface area is 190 Å². The van der Waals surface area contributed by atoms with Gasteiger partial charge in [0.15, 0.2) is 5.96 Å². The molecule has 1 saturated heterocycles. The maximum atomic E-state index is 6.34. The van der Waals surface area contributed by atoms with Crippen LogP contribution in [0.4, 0.5) is 0 Å². The minimum atomic E-state index is 0. The van der Waals surface area contributed by atoms with E-state index in [9.17, 15) is 0 Å². The summed E-state index contributed by atoms with van der Waals surface area (Å²) in [6.45, 7) is 3.93. The number of halogens is 1. The second-order valence-electron chi connectivity index (χ2n) is 7.96. The minimum absolute atomic E-state index is 0. The van der Waals surface area contributed by atoms with Crippen LogP contribution >= 0.6 is 35.7 Å². The number of thioether (sulfide) groups is 1. The molecule has 1 aromatic rings. The molecule has 0 amide bonds. The smallest absolute Gasteiger partial charge is 0.189 e. The number of hydrogen-bond acceptors (Lipinski definition) is 4. The third kappa shape index (κ3) is 5.08. The number of fused-ring (bicyclic) bond motifs is 1. The number of rotatable bonds is 4. The fourth-order valence-electron chi connectivity index (χ4n) is 4.77.